The van der Waals surface area contributed by atoms with E-state index in [1.807, 2.05) is 38.4 Å². The zero-order valence-electron chi connectivity index (χ0n) is 12.6. The minimum atomic E-state index is 0.0421. The van der Waals surface area contributed by atoms with Gasteiger partial charge in [-0.3, -0.25) is 4.79 Å². The van der Waals surface area contributed by atoms with Crippen molar-refractivity contribution in [2.24, 2.45) is 5.73 Å². The third kappa shape index (κ3) is 4.29. The lowest BCUT2D eigenvalue weighted by atomic mass is 10.0. The summed E-state index contributed by atoms with van der Waals surface area (Å²) in [5.74, 6) is 6.75. The van der Waals surface area contributed by atoms with Crippen LogP contribution in [0.1, 0.15) is 28.4 Å². The Hall–Kier alpha value is -1.44. The van der Waals surface area contributed by atoms with Gasteiger partial charge in [-0.25, -0.2) is 0 Å². The van der Waals surface area contributed by atoms with Crippen LogP contribution >= 0.6 is 11.8 Å². The van der Waals surface area contributed by atoms with Gasteiger partial charge in [-0.05, 0) is 37.8 Å². The Morgan fingerprint density at radius 1 is 1.50 bits per heavy atom. The van der Waals surface area contributed by atoms with E-state index < -0.39 is 0 Å². The maximum absolute atomic E-state index is 12.6. The molecule has 0 saturated heterocycles. The van der Waals surface area contributed by atoms with Crippen molar-refractivity contribution in [2.75, 3.05) is 25.6 Å². The fourth-order valence-corrected chi connectivity index (χ4v) is 2.53. The van der Waals surface area contributed by atoms with Gasteiger partial charge in [0.2, 0.25) is 0 Å². The molecule has 0 heterocycles. The molecule has 3 nitrogen and oxygen atoms in total. The number of carbonyl (C=O) groups excluding carboxylic acids is 1. The number of rotatable bonds is 4. The number of hydrogen-bond donors (Lipinski definition) is 1. The molecule has 1 aromatic carbocycles. The Morgan fingerprint density at radius 3 is 2.80 bits per heavy atom. The van der Waals surface area contributed by atoms with E-state index in [2.05, 4.69) is 18.8 Å². The lowest BCUT2D eigenvalue weighted by Gasteiger charge is -2.25. The molecule has 0 aromatic heterocycles. The minimum Gasteiger partial charge on any atom is -0.338 e. The maximum Gasteiger partial charge on any atom is 0.254 e. The van der Waals surface area contributed by atoms with Gasteiger partial charge in [0.05, 0.1) is 6.54 Å². The second kappa shape index (κ2) is 7.98. The van der Waals surface area contributed by atoms with Gasteiger partial charge in [0.1, 0.15) is 0 Å². The molecule has 1 aromatic rings. The summed E-state index contributed by atoms with van der Waals surface area (Å²) < 4.78 is 0. The molecule has 0 radical (unpaired) electrons. The SMILES string of the molecule is CSCC(C)N(C)C(=O)c1cc(C#CCN)ccc1C. The molecular weight excluding hydrogens is 268 g/mol. The Bertz CT molecular complexity index is 531. The number of amides is 1. The molecule has 0 aliphatic heterocycles. The largest absolute Gasteiger partial charge is 0.338 e. The third-order valence-electron chi connectivity index (χ3n) is 3.19. The Balaban J connectivity index is 3.02. The van der Waals surface area contributed by atoms with Crippen molar-refractivity contribution in [2.45, 2.75) is 19.9 Å². The second-order valence-corrected chi connectivity index (χ2v) is 5.67. The first kappa shape index (κ1) is 16.6. The molecule has 0 fully saturated rings. The van der Waals surface area contributed by atoms with Gasteiger partial charge < -0.3 is 10.6 Å². The molecule has 1 amide bonds. The summed E-state index contributed by atoms with van der Waals surface area (Å²) in [6.45, 7) is 4.32. The number of benzene rings is 1. The quantitative estimate of drug-likeness (QED) is 0.864. The maximum atomic E-state index is 12.6. The van der Waals surface area contributed by atoms with Gasteiger partial charge in [-0.15, -0.1) is 0 Å². The summed E-state index contributed by atoms with van der Waals surface area (Å²) in [6, 6.07) is 5.90. The van der Waals surface area contributed by atoms with E-state index in [1.165, 1.54) is 0 Å². The molecule has 1 unspecified atom stereocenters. The van der Waals surface area contributed by atoms with E-state index in [1.54, 1.807) is 16.7 Å². The predicted octanol–water partition coefficient (Wildman–Crippen LogP) is 2.13. The number of hydrogen-bond acceptors (Lipinski definition) is 3. The van der Waals surface area contributed by atoms with Gasteiger partial charge in [0.15, 0.2) is 0 Å². The van der Waals surface area contributed by atoms with Crippen LogP contribution in [0.15, 0.2) is 18.2 Å². The van der Waals surface area contributed by atoms with Crippen molar-refractivity contribution in [1.82, 2.24) is 4.90 Å². The highest BCUT2D eigenvalue weighted by Crippen LogP contribution is 2.15. The van der Waals surface area contributed by atoms with E-state index in [0.717, 1.165) is 16.9 Å². The zero-order valence-corrected chi connectivity index (χ0v) is 13.4. The molecule has 2 N–H and O–H groups in total. The summed E-state index contributed by atoms with van der Waals surface area (Å²) in [5.41, 5.74) is 7.88. The molecular formula is C16H22N2OS. The van der Waals surface area contributed by atoms with Crippen LogP contribution in [0, 0.1) is 18.8 Å². The van der Waals surface area contributed by atoms with Crippen molar-refractivity contribution >= 4 is 17.7 Å². The van der Waals surface area contributed by atoms with E-state index in [4.69, 9.17) is 5.73 Å². The van der Waals surface area contributed by atoms with E-state index in [0.29, 0.717) is 12.1 Å². The molecule has 1 rings (SSSR count). The Morgan fingerprint density at radius 2 is 2.20 bits per heavy atom. The topological polar surface area (TPSA) is 46.3 Å². The Labute approximate surface area is 125 Å². The molecule has 0 aliphatic carbocycles. The van der Waals surface area contributed by atoms with Crippen LogP contribution in [-0.4, -0.2) is 42.4 Å². The van der Waals surface area contributed by atoms with Crippen LogP contribution in [0.25, 0.3) is 0 Å². The zero-order chi connectivity index (χ0) is 15.1. The van der Waals surface area contributed by atoms with Crippen molar-refractivity contribution in [3.63, 3.8) is 0 Å². The van der Waals surface area contributed by atoms with Crippen LogP contribution in [0.3, 0.4) is 0 Å². The summed E-state index contributed by atoms with van der Waals surface area (Å²) in [6.07, 6.45) is 2.04. The average molecular weight is 290 g/mol. The summed E-state index contributed by atoms with van der Waals surface area (Å²) >= 11 is 1.74. The van der Waals surface area contributed by atoms with Crippen LogP contribution in [0.5, 0.6) is 0 Å². The van der Waals surface area contributed by atoms with Crippen LogP contribution in [0.2, 0.25) is 0 Å². The lowest BCUT2D eigenvalue weighted by molar-refractivity contribution is 0.0757. The molecule has 4 heteroatoms. The molecule has 0 aliphatic rings. The van der Waals surface area contributed by atoms with E-state index in [-0.39, 0.29) is 11.9 Å². The number of nitrogens with two attached hydrogens (primary N) is 1. The highest BCUT2D eigenvalue weighted by Gasteiger charge is 2.18. The summed E-state index contributed by atoms with van der Waals surface area (Å²) in [4.78, 5) is 14.3. The number of nitrogens with zero attached hydrogens (tertiary/aromatic N) is 1. The van der Waals surface area contributed by atoms with Gasteiger partial charge in [-0.1, -0.05) is 17.9 Å². The van der Waals surface area contributed by atoms with Crippen molar-refractivity contribution in [3.05, 3.63) is 34.9 Å². The predicted molar refractivity (Wildman–Crippen MR) is 87.0 cm³/mol. The normalized spacial score (nSPS) is 11.4. The van der Waals surface area contributed by atoms with Gasteiger partial charge >= 0.3 is 0 Å². The summed E-state index contributed by atoms with van der Waals surface area (Å²) in [7, 11) is 1.85. The third-order valence-corrected chi connectivity index (χ3v) is 4.01. The van der Waals surface area contributed by atoms with Gasteiger partial charge in [0, 0.05) is 30.0 Å². The highest BCUT2D eigenvalue weighted by molar-refractivity contribution is 7.98. The van der Waals surface area contributed by atoms with Crippen molar-refractivity contribution in [3.8, 4) is 11.8 Å². The monoisotopic (exact) mass is 290 g/mol. The smallest absolute Gasteiger partial charge is 0.254 e. The number of carbonyl (C=O) groups is 1. The van der Waals surface area contributed by atoms with Crippen LogP contribution < -0.4 is 5.73 Å². The molecule has 0 spiro atoms. The van der Waals surface area contributed by atoms with E-state index >= 15 is 0 Å². The first-order valence-corrected chi connectivity index (χ1v) is 7.96. The fraction of sp³-hybridized carbons (Fsp3) is 0.438. The number of aryl methyl sites for hydroxylation is 1. The lowest BCUT2D eigenvalue weighted by Crippen LogP contribution is -2.37. The summed E-state index contributed by atoms with van der Waals surface area (Å²) in [5, 5.41) is 0. The highest BCUT2D eigenvalue weighted by atomic mass is 32.2. The first-order chi connectivity index (χ1) is 9.51. The Kier molecular flexibility index (Phi) is 6.63. The second-order valence-electron chi connectivity index (χ2n) is 4.76. The van der Waals surface area contributed by atoms with Crippen molar-refractivity contribution < 1.29 is 4.79 Å². The molecule has 0 bridgehead atoms. The van der Waals surface area contributed by atoms with Crippen LogP contribution in [-0.2, 0) is 0 Å². The minimum absolute atomic E-state index is 0.0421. The van der Waals surface area contributed by atoms with Gasteiger partial charge in [0.25, 0.3) is 5.91 Å². The fourth-order valence-electron chi connectivity index (χ4n) is 1.83. The average Bonchev–Trinajstić information content (AvgIpc) is 2.45. The molecule has 0 saturated carbocycles. The molecule has 1 atom stereocenters. The molecule has 20 heavy (non-hydrogen) atoms. The first-order valence-electron chi connectivity index (χ1n) is 6.57. The number of thioether (sulfide) groups is 1. The molecule has 108 valence electrons. The van der Waals surface area contributed by atoms with E-state index in [9.17, 15) is 4.79 Å². The van der Waals surface area contributed by atoms with Gasteiger partial charge in [-0.2, -0.15) is 11.8 Å². The standard InChI is InChI=1S/C16H22N2OS/c1-12-7-8-14(6-5-9-17)10-15(12)16(19)18(3)13(2)11-20-4/h7-8,10,13H,9,11,17H2,1-4H3. The van der Waals surface area contributed by atoms with Crippen LogP contribution in [0.4, 0.5) is 0 Å². The van der Waals surface area contributed by atoms with Crippen molar-refractivity contribution in [1.29, 1.82) is 0 Å².